The zero-order valence-electron chi connectivity index (χ0n) is 7.80. The van der Waals surface area contributed by atoms with Crippen molar-refractivity contribution in [1.82, 2.24) is 0 Å². The van der Waals surface area contributed by atoms with Crippen molar-refractivity contribution in [1.29, 1.82) is 0 Å². The van der Waals surface area contributed by atoms with Crippen molar-refractivity contribution in [2.45, 2.75) is 39.7 Å². The van der Waals surface area contributed by atoms with Crippen LogP contribution in [0.3, 0.4) is 0 Å². The Morgan fingerprint density at radius 3 is 2.27 bits per heavy atom. The average Bonchev–Trinajstić information content (AvgIpc) is 1.93. The van der Waals surface area contributed by atoms with E-state index in [-0.39, 0.29) is 0 Å². The molecule has 3 aliphatic carbocycles. The van der Waals surface area contributed by atoms with Crippen molar-refractivity contribution in [2.24, 2.45) is 28.9 Å². The number of nitrogens with two attached hydrogens (primary N) is 1. The van der Waals surface area contributed by atoms with Gasteiger partial charge in [-0.2, -0.15) is 0 Å². The van der Waals surface area contributed by atoms with Crippen LogP contribution < -0.4 is 5.73 Å². The van der Waals surface area contributed by atoms with E-state index in [4.69, 9.17) is 5.73 Å². The Bertz CT molecular complexity index is 174. The fourth-order valence-corrected chi connectivity index (χ4v) is 3.19. The van der Waals surface area contributed by atoms with Crippen LogP contribution in [0.15, 0.2) is 0 Å². The summed E-state index contributed by atoms with van der Waals surface area (Å²) in [5.41, 5.74) is 6.63. The molecule has 0 aliphatic heterocycles. The predicted octanol–water partition coefficient (Wildman–Crippen LogP) is 2.02. The van der Waals surface area contributed by atoms with Gasteiger partial charge >= 0.3 is 0 Å². The lowest BCUT2D eigenvalue weighted by Gasteiger charge is -2.61. The highest BCUT2D eigenvalue weighted by Crippen LogP contribution is 2.60. The Balaban J connectivity index is 2.17. The minimum absolute atomic E-state index is 0.492. The van der Waals surface area contributed by atoms with E-state index in [9.17, 15) is 0 Å². The number of hydrogen-bond acceptors (Lipinski definition) is 1. The lowest BCUT2D eigenvalue weighted by molar-refractivity contribution is -0.108. The normalized spacial score (nSPS) is 53.5. The van der Waals surface area contributed by atoms with Crippen molar-refractivity contribution in [3.63, 3.8) is 0 Å². The first kappa shape index (κ1) is 7.60. The molecule has 64 valence electrons. The van der Waals surface area contributed by atoms with Crippen LogP contribution in [0.25, 0.3) is 0 Å². The van der Waals surface area contributed by atoms with Crippen molar-refractivity contribution in [2.75, 3.05) is 0 Å². The molecule has 0 aromatic carbocycles. The zero-order valence-corrected chi connectivity index (χ0v) is 7.80. The fraction of sp³-hybridized carbons (Fsp3) is 1.00. The van der Waals surface area contributed by atoms with Crippen LogP contribution in [-0.4, -0.2) is 6.04 Å². The van der Waals surface area contributed by atoms with Crippen molar-refractivity contribution in [3.05, 3.63) is 0 Å². The van der Waals surface area contributed by atoms with Crippen LogP contribution in [0.5, 0.6) is 0 Å². The summed E-state index contributed by atoms with van der Waals surface area (Å²) in [6.07, 6.45) is 2.71. The van der Waals surface area contributed by atoms with Crippen molar-refractivity contribution < 1.29 is 0 Å². The monoisotopic (exact) mass is 153 g/mol. The van der Waals surface area contributed by atoms with E-state index in [1.165, 1.54) is 12.8 Å². The van der Waals surface area contributed by atoms with E-state index in [1.54, 1.807) is 0 Å². The molecule has 0 aromatic heterocycles. The van der Waals surface area contributed by atoms with Crippen LogP contribution in [0.2, 0.25) is 0 Å². The molecule has 3 aliphatic rings. The van der Waals surface area contributed by atoms with Crippen LogP contribution in [-0.2, 0) is 0 Å². The van der Waals surface area contributed by atoms with E-state index in [1.807, 2.05) is 0 Å². The molecule has 3 rings (SSSR count). The molecule has 0 saturated heterocycles. The summed E-state index contributed by atoms with van der Waals surface area (Å²) < 4.78 is 0. The van der Waals surface area contributed by atoms with E-state index in [0.717, 1.165) is 17.8 Å². The molecule has 4 atom stereocenters. The Labute approximate surface area is 69.4 Å². The van der Waals surface area contributed by atoms with Crippen LogP contribution in [0.1, 0.15) is 33.6 Å². The molecule has 1 nitrogen and oxygen atoms in total. The van der Waals surface area contributed by atoms with Crippen LogP contribution in [0.4, 0.5) is 0 Å². The van der Waals surface area contributed by atoms with E-state index in [0.29, 0.717) is 11.5 Å². The standard InChI is InChI=1S/C10H19N/c1-6-8-4-7(5-9(6)11)10(8,2)3/h6-9H,4-5,11H2,1-3H3/t6-,7?,8-,9?/m1/s1. The summed E-state index contributed by atoms with van der Waals surface area (Å²) >= 11 is 0. The van der Waals surface area contributed by atoms with Gasteiger partial charge in [0.25, 0.3) is 0 Å². The second-order valence-electron chi connectivity index (χ2n) is 5.12. The Morgan fingerprint density at radius 1 is 1.27 bits per heavy atom. The summed E-state index contributed by atoms with van der Waals surface area (Å²) in [6.45, 7) is 7.15. The quantitative estimate of drug-likeness (QED) is 0.566. The van der Waals surface area contributed by atoms with Gasteiger partial charge in [0.15, 0.2) is 0 Å². The van der Waals surface area contributed by atoms with Gasteiger partial charge in [0.1, 0.15) is 0 Å². The molecule has 0 aromatic rings. The van der Waals surface area contributed by atoms with Gasteiger partial charge in [-0.3, -0.25) is 0 Å². The Morgan fingerprint density at radius 2 is 1.91 bits per heavy atom. The Kier molecular flexibility index (Phi) is 1.39. The molecule has 0 spiro atoms. The number of rotatable bonds is 0. The number of hydrogen-bond donors (Lipinski definition) is 1. The third kappa shape index (κ3) is 0.807. The van der Waals surface area contributed by atoms with Gasteiger partial charge < -0.3 is 5.73 Å². The first-order valence-electron chi connectivity index (χ1n) is 4.79. The maximum Gasteiger partial charge on any atom is 0.00702 e. The molecule has 2 bridgehead atoms. The summed E-state index contributed by atoms with van der Waals surface area (Å²) in [5.74, 6) is 2.60. The first-order chi connectivity index (χ1) is 5.03. The first-order valence-corrected chi connectivity index (χ1v) is 4.79. The summed E-state index contributed by atoms with van der Waals surface area (Å²) in [6, 6.07) is 0.492. The highest BCUT2D eigenvalue weighted by molar-refractivity contribution is 5.06. The smallest absolute Gasteiger partial charge is 0.00702 e. The third-order valence-electron chi connectivity index (χ3n) is 4.41. The third-order valence-corrected chi connectivity index (χ3v) is 4.41. The van der Waals surface area contributed by atoms with Gasteiger partial charge in [0.05, 0.1) is 0 Å². The van der Waals surface area contributed by atoms with Crippen LogP contribution in [0, 0.1) is 23.2 Å². The lowest BCUT2D eigenvalue weighted by atomic mass is 9.45. The fourth-order valence-electron chi connectivity index (χ4n) is 3.19. The van der Waals surface area contributed by atoms with Crippen LogP contribution >= 0.6 is 0 Å². The molecule has 1 heteroatoms. The second kappa shape index (κ2) is 2.01. The summed E-state index contributed by atoms with van der Waals surface area (Å²) in [7, 11) is 0. The molecule has 0 amide bonds. The molecule has 0 radical (unpaired) electrons. The second-order valence-corrected chi connectivity index (χ2v) is 5.12. The summed E-state index contributed by atoms with van der Waals surface area (Å²) in [5, 5.41) is 0. The maximum absolute atomic E-state index is 6.02. The molecular weight excluding hydrogens is 134 g/mol. The van der Waals surface area contributed by atoms with E-state index < -0.39 is 0 Å². The highest BCUT2D eigenvalue weighted by Gasteiger charge is 2.55. The van der Waals surface area contributed by atoms with Crippen molar-refractivity contribution in [3.8, 4) is 0 Å². The molecule has 2 N–H and O–H groups in total. The predicted molar refractivity (Wildman–Crippen MR) is 47.1 cm³/mol. The van der Waals surface area contributed by atoms with Gasteiger partial charge in [-0.15, -0.1) is 0 Å². The van der Waals surface area contributed by atoms with Gasteiger partial charge in [0, 0.05) is 6.04 Å². The van der Waals surface area contributed by atoms with Gasteiger partial charge in [-0.05, 0) is 36.0 Å². The van der Waals surface area contributed by atoms with Gasteiger partial charge in [-0.1, -0.05) is 20.8 Å². The lowest BCUT2D eigenvalue weighted by Crippen LogP contribution is -2.58. The molecular formula is C10H19N. The Hall–Kier alpha value is -0.0400. The molecule has 3 fully saturated rings. The van der Waals surface area contributed by atoms with Gasteiger partial charge in [0.2, 0.25) is 0 Å². The molecule has 2 unspecified atom stereocenters. The average molecular weight is 153 g/mol. The molecule has 3 saturated carbocycles. The SMILES string of the molecule is C[C@H]1C(N)CC2C[C@H]1C2(C)C. The largest absolute Gasteiger partial charge is 0.327 e. The van der Waals surface area contributed by atoms with Gasteiger partial charge in [-0.25, -0.2) is 0 Å². The zero-order chi connectivity index (χ0) is 8.22. The minimum Gasteiger partial charge on any atom is -0.327 e. The van der Waals surface area contributed by atoms with E-state index in [2.05, 4.69) is 20.8 Å². The maximum atomic E-state index is 6.02. The molecule has 11 heavy (non-hydrogen) atoms. The summed E-state index contributed by atoms with van der Waals surface area (Å²) in [4.78, 5) is 0. The molecule has 0 heterocycles. The van der Waals surface area contributed by atoms with E-state index >= 15 is 0 Å². The highest BCUT2D eigenvalue weighted by atomic mass is 14.7. The number of fused-ring (bicyclic) bond motifs is 2. The van der Waals surface area contributed by atoms with Crippen molar-refractivity contribution >= 4 is 0 Å². The minimum atomic E-state index is 0.492. The topological polar surface area (TPSA) is 26.0 Å².